The lowest BCUT2D eigenvalue weighted by Crippen LogP contribution is -2.28. The molecule has 0 saturated heterocycles. The summed E-state index contributed by atoms with van der Waals surface area (Å²) in [5.74, 6) is -0.545. The van der Waals surface area contributed by atoms with Gasteiger partial charge in [0.05, 0.1) is 11.8 Å². The lowest BCUT2D eigenvalue weighted by molar-refractivity contribution is -0.125. The van der Waals surface area contributed by atoms with Crippen LogP contribution in [-0.4, -0.2) is 32.1 Å². The van der Waals surface area contributed by atoms with Crippen molar-refractivity contribution >= 4 is 33.4 Å². The average Bonchev–Trinajstić information content (AvgIpc) is 3.24. The van der Waals surface area contributed by atoms with Crippen molar-refractivity contribution in [2.24, 2.45) is 11.8 Å². The lowest BCUT2D eigenvalue weighted by Gasteiger charge is -2.06. The van der Waals surface area contributed by atoms with Crippen LogP contribution in [0.4, 0.5) is 5.69 Å². The van der Waals surface area contributed by atoms with Crippen LogP contribution in [0.3, 0.4) is 0 Å². The van der Waals surface area contributed by atoms with E-state index in [0.717, 1.165) is 16.6 Å². The van der Waals surface area contributed by atoms with Gasteiger partial charge >= 0.3 is 0 Å². The zero-order valence-electron chi connectivity index (χ0n) is 11.9. The molecule has 0 bridgehead atoms. The fraction of sp³-hybridized carbons (Fsp3) is 0.467. The maximum Gasteiger partial charge on any atom is 0.228 e. The Morgan fingerprint density at radius 2 is 2.10 bits per heavy atom. The van der Waals surface area contributed by atoms with Crippen LogP contribution in [0.15, 0.2) is 28.7 Å². The summed E-state index contributed by atoms with van der Waals surface area (Å²) in [6.07, 6.45) is 1.40. The number of carbonyl (C=O) groups is 2. The van der Waals surface area contributed by atoms with Crippen LogP contribution in [-0.2, 0) is 14.3 Å². The highest BCUT2D eigenvalue weighted by Gasteiger charge is 2.47. The molecule has 2 N–H and O–H groups in total. The Kier molecular flexibility index (Phi) is 5.76. The SMILES string of the molecule is COCCCNC(=O)C1CC1C(=O)Nc1cccc(Br)c1. The van der Waals surface area contributed by atoms with Crippen molar-refractivity contribution in [2.75, 3.05) is 25.6 Å². The third-order valence-electron chi connectivity index (χ3n) is 3.38. The quantitative estimate of drug-likeness (QED) is 0.737. The number of benzene rings is 1. The topological polar surface area (TPSA) is 67.4 Å². The van der Waals surface area contributed by atoms with Crippen LogP contribution in [0.1, 0.15) is 12.8 Å². The normalized spacial score (nSPS) is 19.9. The lowest BCUT2D eigenvalue weighted by atomic mass is 10.2. The van der Waals surface area contributed by atoms with E-state index in [2.05, 4.69) is 26.6 Å². The van der Waals surface area contributed by atoms with Crippen molar-refractivity contribution in [3.63, 3.8) is 0 Å². The van der Waals surface area contributed by atoms with Crippen molar-refractivity contribution < 1.29 is 14.3 Å². The summed E-state index contributed by atoms with van der Waals surface area (Å²) >= 11 is 3.36. The Morgan fingerprint density at radius 1 is 1.33 bits per heavy atom. The van der Waals surface area contributed by atoms with Crippen LogP contribution in [0.5, 0.6) is 0 Å². The smallest absolute Gasteiger partial charge is 0.228 e. The first-order chi connectivity index (χ1) is 10.1. The monoisotopic (exact) mass is 354 g/mol. The van der Waals surface area contributed by atoms with Crippen LogP contribution >= 0.6 is 15.9 Å². The highest BCUT2D eigenvalue weighted by molar-refractivity contribution is 9.10. The molecular formula is C15H19BrN2O3. The molecule has 114 valence electrons. The largest absolute Gasteiger partial charge is 0.385 e. The van der Waals surface area contributed by atoms with Gasteiger partial charge in [0, 0.05) is 30.4 Å². The van der Waals surface area contributed by atoms with Gasteiger partial charge in [-0.2, -0.15) is 0 Å². The van der Waals surface area contributed by atoms with Gasteiger partial charge in [-0.05, 0) is 31.0 Å². The molecule has 21 heavy (non-hydrogen) atoms. The zero-order chi connectivity index (χ0) is 15.2. The number of carbonyl (C=O) groups excluding carboxylic acids is 2. The third kappa shape index (κ3) is 4.82. The van der Waals surface area contributed by atoms with Crippen molar-refractivity contribution in [3.8, 4) is 0 Å². The summed E-state index contributed by atoms with van der Waals surface area (Å²) < 4.78 is 5.82. The second-order valence-electron chi connectivity index (χ2n) is 5.09. The van der Waals surface area contributed by atoms with Gasteiger partial charge in [-0.15, -0.1) is 0 Å². The van der Waals surface area contributed by atoms with E-state index in [9.17, 15) is 9.59 Å². The van der Waals surface area contributed by atoms with E-state index in [1.165, 1.54) is 0 Å². The van der Waals surface area contributed by atoms with Crippen molar-refractivity contribution in [1.29, 1.82) is 0 Å². The Morgan fingerprint density at radius 3 is 2.81 bits per heavy atom. The summed E-state index contributed by atoms with van der Waals surface area (Å²) in [5.41, 5.74) is 0.737. The summed E-state index contributed by atoms with van der Waals surface area (Å²) in [5, 5.41) is 5.67. The molecule has 2 atom stereocenters. The Hall–Kier alpha value is -1.40. The molecule has 1 aliphatic carbocycles. The average molecular weight is 355 g/mol. The van der Waals surface area contributed by atoms with Crippen LogP contribution in [0.25, 0.3) is 0 Å². The molecular weight excluding hydrogens is 336 g/mol. The van der Waals surface area contributed by atoms with Gasteiger partial charge in [0.25, 0.3) is 0 Å². The van der Waals surface area contributed by atoms with Gasteiger partial charge in [0.2, 0.25) is 11.8 Å². The van der Waals surface area contributed by atoms with Crippen LogP contribution in [0, 0.1) is 11.8 Å². The third-order valence-corrected chi connectivity index (χ3v) is 3.87. The number of nitrogens with one attached hydrogen (secondary N) is 2. The van der Waals surface area contributed by atoms with E-state index in [-0.39, 0.29) is 23.7 Å². The molecule has 1 fully saturated rings. The summed E-state index contributed by atoms with van der Waals surface area (Å²) in [4.78, 5) is 23.9. The van der Waals surface area contributed by atoms with Gasteiger partial charge in [0.1, 0.15) is 0 Å². The minimum absolute atomic E-state index is 0.0412. The molecule has 1 aromatic carbocycles. The van der Waals surface area contributed by atoms with E-state index in [1.54, 1.807) is 7.11 Å². The zero-order valence-corrected chi connectivity index (χ0v) is 13.5. The van der Waals surface area contributed by atoms with Gasteiger partial charge < -0.3 is 15.4 Å². The molecule has 2 rings (SSSR count). The highest BCUT2D eigenvalue weighted by atomic mass is 79.9. The predicted octanol–water partition coefficient (Wildman–Crippen LogP) is 2.18. The number of hydrogen-bond acceptors (Lipinski definition) is 3. The van der Waals surface area contributed by atoms with Crippen molar-refractivity contribution in [3.05, 3.63) is 28.7 Å². The molecule has 1 aromatic rings. The number of methoxy groups -OCH3 is 1. The highest BCUT2D eigenvalue weighted by Crippen LogP contribution is 2.39. The second kappa shape index (κ2) is 7.56. The first-order valence-electron chi connectivity index (χ1n) is 6.95. The molecule has 0 aliphatic heterocycles. The van der Waals surface area contributed by atoms with Gasteiger partial charge in [-0.25, -0.2) is 0 Å². The van der Waals surface area contributed by atoms with Gasteiger partial charge in [-0.3, -0.25) is 9.59 Å². The molecule has 1 saturated carbocycles. The fourth-order valence-electron chi connectivity index (χ4n) is 2.13. The van der Waals surface area contributed by atoms with Crippen molar-refractivity contribution in [2.45, 2.75) is 12.8 Å². The minimum Gasteiger partial charge on any atom is -0.385 e. The standard InChI is InChI=1S/C15H19BrN2O3/c1-21-7-3-6-17-14(19)12-9-13(12)15(20)18-11-5-2-4-10(16)8-11/h2,4-5,8,12-13H,3,6-7,9H2,1H3,(H,17,19)(H,18,20). The Balaban J connectivity index is 1.74. The van der Waals surface area contributed by atoms with Gasteiger partial charge in [0.15, 0.2) is 0 Å². The molecule has 2 amide bonds. The van der Waals surface area contributed by atoms with E-state index < -0.39 is 0 Å². The van der Waals surface area contributed by atoms with Crippen molar-refractivity contribution in [1.82, 2.24) is 5.32 Å². The van der Waals surface area contributed by atoms with E-state index in [4.69, 9.17) is 4.74 Å². The van der Waals surface area contributed by atoms with Gasteiger partial charge in [-0.1, -0.05) is 22.0 Å². The Bertz CT molecular complexity index is 521. The molecule has 6 heteroatoms. The van der Waals surface area contributed by atoms with Crippen LogP contribution < -0.4 is 10.6 Å². The van der Waals surface area contributed by atoms with E-state index in [0.29, 0.717) is 19.6 Å². The molecule has 0 spiro atoms. The summed E-state index contributed by atoms with van der Waals surface area (Å²) in [6, 6.07) is 7.40. The van der Waals surface area contributed by atoms with E-state index >= 15 is 0 Å². The number of ether oxygens (including phenoxy) is 1. The summed E-state index contributed by atoms with van der Waals surface area (Å²) in [7, 11) is 1.63. The Labute approximate surface area is 132 Å². The number of anilines is 1. The molecule has 0 radical (unpaired) electrons. The maximum absolute atomic E-state index is 12.1. The first-order valence-corrected chi connectivity index (χ1v) is 7.74. The first kappa shape index (κ1) is 16.0. The molecule has 2 unspecified atom stereocenters. The predicted molar refractivity (Wildman–Crippen MR) is 83.9 cm³/mol. The maximum atomic E-state index is 12.1. The fourth-order valence-corrected chi connectivity index (χ4v) is 2.53. The number of amides is 2. The molecule has 0 aromatic heterocycles. The van der Waals surface area contributed by atoms with E-state index in [1.807, 2.05) is 24.3 Å². The number of halogens is 1. The summed E-state index contributed by atoms with van der Waals surface area (Å²) in [6.45, 7) is 1.21. The molecule has 0 heterocycles. The number of rotatable bonds is 7. The van der Waals surface area contributed by atoms with Crippen LogP contribution in [0.2, 0.25) is 0 Å². The minimum atomic E-state index is -0.216. The second-order valence-corrected chi connectivity index (χ2v) is 6.00. The molecule has 5 nitrogen and oxygen atoms in total. The number of hydrogen-bond donors (Lipinski definition) is 2. The molecule has 1 aliphatic rings.